The van der Waals surface area contributed by atoms with E-state index in [2.05, 4.69) is 44.0 Å². The second kappa shape index (κ2) is 8.92. The molecule has 1 saturated heterocycles. The Morgan fingerprint density at radius 3 is 2.53 bits per heavy atom. The maximum Gasteiger partial charge on any atom is 0.279 e. The molecule has 6 nitrogen and oxygen atoms in total. The summed E-state index contributed by atoms with van der Waals surface area (Å²) in [4.78, 5) is 17.9. The lowest BCUT2D eigenvalue weighted by atomic mass is 10.0. The topological polar surface area (TPSA) is 71.7 Å². The molecule has 32 heavy (non-hydrogen) atoms. The van der Waals surface area contributed by atoms with E-state index in [0.29, 0.717) is 35.3 Å². The molecule has 2 aromatic carbocycles. The van der Waals surface area contributed by atoms with Gasteiger partial charge in [0.2, 0.25) is 10.0 Å². The van der Waals surface area contributed by atoms with Crippen LogP contribution in [-0.2, 0) is 17.1 Å². The Balaban J connectivity index is 1.60. The number of amides is 1. The van der Waals surface area contributed by atoms with Gasteiger partial charge in [-0.05, 0) is 66.6 Å². The highest BCUT2D eigenvalue weighted by Gasteiger charge is 2.28. The van der Waals surface area contributed by atoms with Crippen molar-refractivity contribution in [3.05, 3.63) is 58.4 Å². The third-order valence-electron chi connectivity index (χ3n) is 6.06. The Bertz CT molecular complexity index is 1320. The summed E-state index contributed by atoms with van der Waals surface area (Å²) in [6.07, 6.45) is 1.93. The molecule has 0 saturated carbocycles. The number of benzene rings is 2. The Hall–Kier alpha value is -2.29. The quantitative estimate of drug-likeness (QED) is 0.561. The SMILES string of the molecule is CC1CCCN(S(=O)(=O)c2ccc(C(=O)N=c3sc4cc(C(C)C)ccc4n3C)cc2)C1. The number of rotatable bonds is 4. The number of aryl methyl sites for hydroxylation is 1. The van der Waals surface area contributed by atoms with Gasteiger partial charge in [-0.1, -0.05) is 38.2 Å². The van der Waals surface area contributed by atoms with E-state index in [-0.39, 0.29) is 10.8 Å². The van der Waals surface area contributed by atoms with E-state index >= 15 is 0 Å². The van der Waals surface area contributed by atoms with Crippen molar-refractivity contribution in [1.82, 2.24) is 8.87 Å². The third kappa shape index (κ3) is 4.44. The van der Waals surface area contributed by atoms with Gasteiger partial charge in [-0.2, -0.15) is 9.30 Å². The number of nitrogens with zero attached hydrogens (tertiary/aromatic N) is 3. The standard InChI is InChI=1S/C24H29N3O3S2/c1-16(2)19-9-12-21-22(14-19)31-24(26(21)4)25-23(28)18-7-10-20(11-8-18)32(29,30)27-13-5-6-17(3)15-27/h7-12,14,16-17H,5-6,13,15H2,1-4H3. The number of sulfonamides is 1. The van der Waals surface area contributed by atoms with Crippen LogP contribution in [0.25, 0.3) is 10.2 Å². The Morgan fingerprint density at radius 2 is 1.88 bits per heavy atom. The first-order valence-electron chi connectivity index (χ1n) is 11.0. The smallest absolute Gasteiger partial charge is 0.279 e. The molecule has 1 aliphatic rings. The molecular formula is C24H29N3O3S2. The van der Waals surface area contributed by atoms with Gasteiger partial charge in [0.05, 0.1) is 15.1 Å². The molecule has 0 aliphatic carbocycles. The average Bonchev–Trinajstić information content (AvgIpc) is 3.08. The maximum absolute atomic E-state index is 12.9. The summed E-state index contributed by atoms with van der Waals surface area (Å²) in [5.74, 6) is 0.403. The second-order valence-electron chi connectivity index (χ2n) is 8.88. The predicted octanol–water partition coefficient (Wildman–Crippen LogP) is 4.52. The van der Waals surface area contributed by atoms with E-state index in [1.807, 2.05) is 11.6 Å². The van der Waals surface area contributed by atoms with Crippen LogP contribution < -0.4 is 4.80 Å². The molecule has 0 radical (unpaired) electrons. The van der Waals surface area contributed by atoms with Crippen molar-refractivity contribution in [3.8, 4) is 0 Å². The van der Waals surface area contributed by atoms with Crippen molar-refractivity contribution < 1.29 is 13.2 Å². The lowest BCUT2D eigenvalue weighted by molar-refractivity contribution is 0.0998. The summed E-state index contributed by atoms with van der Waals surface area (Å²) >= 11 is 1.48. The lowest BCUT2D eigenvalue weighted by Gasteiger charge is -2.30. The van der Waals surface area contributed by atoms with Gasteiger partial charge < -0.3 is 4.57 Å². The zero-order valence-corrected chi connectivity index (χ0v) is 20.5. The highest BCUT2D eigenvalue weighted by molar-refractivity contribution is 7.89. The molecule has 170 valence electrons. The van der Waals surface area contributed by atoms with E-state index in [9.17, 15) is 13.2 Å². The van der Waals surface area contributed by atoms with Crippen molar-refractivity contribution >= 4 is 37.5 Å². The van der Waals surface area contributed by atoms with Crippen LogP contribution in [0.1, 0.15) is 55.5 Å². The van der Waals surface area contributed by atoms with E-state index in [4.69, 9.17) is 0 Å². The summed E-state index contributed by atoms with van der Waals surface area (Å²) < 4.78 is 30.4. The molecule has 1 atom stereocenters. The van der Waals surface area contributed by atoms with Crippen LogP contribution in [0.4, 0.5) is 0 Å². The molecular weight excluding hydrogens is 442 g/mol. The minimum atomic E-state index is -3.54. The number of carbonyl (C=O) groups is 1. The zero-order valence-electron chi connectivity index (χ0n) is 18.9. The van der Waals surface area contributed by atoms with Gasteiger partial charge in [-0.3, -0.25) is 4.79 Å². The van der Waals surface area contributed by atoms with Gasteiger partial charge in [-0.15, -0.1) is 0 Å². The highest BCUT2D eigenvalue weighted by Crippen LogP contribution is 2.25. The Morgan fingerprint density at radius 1 is 1.16 bits per heavy atom. The fourth-order valence-electron chi connectivity index (χ4n) is 4.05. The first-order chi connectivity index (χ1) is 15.2. The number of fused-ring (bicyclic) bond motifs is 1. The maximum atomic E-state index is 12.9. The molecule has 2 heterocycles. The summed E-state index contributed by atoms with van der Waals surface area (Å²) in [6.45, 7) is 7.46. The third-order valence-corrected chi connectivity index (χ3v) is 9.03. The van der Waals surface area contributed by atoms with Crippen molar-refractivity contribution in [2.75, 3.05) is 13.1 Å². The summed E-state index contributed by atoms with van der Waals surface area (Å²) in [5.41, 5.74) is 2.65. The van der Waals surface area contributed by atoms with Crippen LogP contribution in [0.2, 0.25) is 0 Å². The van der Waals surface area contributed by atoms with Crippen LogP contribution in [-0.4, -0.2) is 36.3 Å². The largest absolute Gasteiger partial charge is 0.319 e. The first kappa shape index (κ1) is 22.9. The van der Waals surface area contributed by atoms with Gasteiger partial charge in [0.1, 0.15) is 0 Å². The van der Waals surface area contributed by atoms with Crippen LogP contribution in [0.5, 0.6) is 0 Å². The monoisotopic (exact) mass is 471 g/mol. The van der Waals surface area contributed by atoms with E-state index < -0.39 is 10.0 Å². The minimum absolute atomic E-state index is 0.219. The summed E-state index contributed by atoms with van der Waals surface area (Å²) in [5, 5.41) is 0. The average molecular weight is 472 g/mol. The predicted molar refractivity (Wildman–Crippen MR) is 128 cm³/mol. The number of hydrogen-bond acceptors (Lipinski definition) is 4. The fourth-order valence-corrected chi connectivity index (χ4v) is 6.71. The second-order valence-corrected chi connectivity index (χ2v) is 11.8. The van der Waals surface area contributed by atoms with E-state index in [1.165, 1.54) is 29.0 Å². The van der Waals surface area contributed by atoms with Crippen LogP contribution in [0.3, 0.4) is 0 Å². The van der Waals surface area contributed by atoms with Crippen molar-refractivity contribution in [2.24, 2.45) is 18.0 Å². The van der Waals surface area contributed by atoms with Gasteiger partial charge in [0.15, 0.2) is 4.80 Å². The number of thiazole rings is 1. The number of piperidine rings is 1. The van der Waals surface area contributed by atoms with E-state index in [1.54, 1.807) is 16.4 Å². The van der Waals surface area contributed by atoms with Crippen molar-refractivity contribution in [3.63, 3.8) is 0 Å². The number of aromatic nitrogens is 1. The van der Waals surface area contributed by atoms with Crippen molar-refractivity contribution in [1.29, 1.82) is 0 Å². The molecule has 3 aromatic rings. The molecule has 1 unspecified atom stereocenters. The molecule has 0 bridgehead atoms. The van der Waals surface area contributed by atoms with Gasteiger partial charge >= 0.3 is 0 Å². The molecule has 1 aliphatic heterocycles. The molecule has 8 heteroatoms. The summed E-state index contributed by atoms with van der Waals surface area (Å²) in [7, 11) is -1.64. The van der Waals surface area contributed by atoms with Gasteiger partial charge in [0.25, 0.3) is 5.91 Å². The van der Waals surface area contributed by atoms with E-state index in [0.717, 1.165) is 23.1 Å². The molecule has 1 aromatic heterocycles. The zero-order chi connectivity index (χ0) is 23.0. The highest BCUT2D eigenvalue weighted by atomic mass is 32.2. The Kier molecular flexibility index (Phi) is 6.38. The molecule has 1 fully saturated rings. The molecule has 0 spiro atoms. The minimum Gasteiger partial charge on any atom is -0.319 e. The van der Waals surface area contributed by atoms with Crippen LogP contribution in [0, 0.1) is 5.92 Å². The normalized spacial score (nSPS) is 18.5. The first-order valence-corrected chi connectivity index (χ1v) is 13.2. The van der Waals surface area contributed by atoms with Crippen LogP contribution >= 0.6 is 11.3 Å². The van der Waals surface area contributed by atoms with Crippen molar-refractivity contribution in [2.45, 2.75) is 44.4 Å². The van der Waals surface area contributed by atoms with Gasteiger partial charge in [0, 0.05) is 25.7 Å². The number of hydrogen-bond donors (Lipinski definition) is 0. The van der Waals surface area contributed by atoms with Crippen LogP contribution in [0.15, 0.2) is 52.4 Å². The molecule has 0 N–H and O–H groups in total. The summed E-state index contributed by atoms with van der Waals surface area (Å²) in [6, 6.07) is 12.4. The fraction of sp³-hybridized carbons (Fsp3) is 0.417. The Labute approximate surface area is 193 Å². The van der Waals surface area contributed by atoms with Gasteiger partial charge in [-0.25, -0.2) is 8.42 Å². The molecule has 1 amide bonds. The number of carbonyl (C=O) groups excluding carboxylic acids is 1. The lowest BCUT2D eigenvalue weighted by Crippen LogP contribution is -2.39. The molecule has 4 rings (SSSR count).